The number of hydrogen-bond donors (Lipinski definition) is 2. The molecule has 2 N–H and O–H groups in total. The lowest BCUT2D eigenvalue weighted by atomic mass is 9.98. The molecule has 18 heavy (non-hydrogen) atoms. The quantitative estimate of drug-likeness (QED) is 0.533. The average Bonchev–Trinajstić information content (AvgIpc) is 2.39. The fourth-order valence-corrected chi connectivity index (χ4v) is 4.35. The van der Waals surface area contributed by atoms with Crippen molar-refractivity contribution in [1.82, 2.24) is 9.79 Å². The van der Waals surface area contributed by atoms with Crippen molar-refractivity contribution in [3.63, 3.8) is 0 Å². The van der Waals surface area contributed by atoms with Gasteiger partial charge in [-0.1, -0.05) is 13.8 Å². The first-order chi connectivity index (χ1) is 8.46. The van der Waals surface area contributed by atoms with Crippen molar-refractivity contribution >= 4 is 15.9 Å². The van der Waals surface area contributed by atoms with Gasteiger partial charge in [0.05, 0.1) is 0 Å². The number of rotatable bonds is 5. The third-order valence-electron chi connectivity index (χ3n) is 3.35. The highest BCUT2D eigenvalue weighted by atomic mass is 32.2. The Balaban J connectivity index is 3.21. The van der Waals surface area contributed by atoms with Crippen LogP contribution in [0.4, 0.5) is 0 Å². The number of sulfonamides is 1. The molecule has 1 saturated heterocycles. The fourth-order valence-electron chi connectivity index (χ4n) is 2.22. The highest BCUT2D eigenvalue weighted by Crippen LogP contribution is 2.32. The maximum absolute atomic E-state index is 12.6. The van der Waals surface area contributed by atoms with Crippen molar-refractivity contribution < 1.29 is 23.2 Å². The molecule has 1 aliphatic heterocycles. The van der Waals surface area contributed by atoms with Gasteiger partial charge < -0.3 is 4.74 Å². The standard InChI is InChI=1S/C10H20N2O5S/c1-3-12(4-2)18(15,16)10(9(13)11-14)5-7-17-8-6-10/h14H,3-8H2,1-2H3,(H,11,13). The first-order valence-corrected chi connectivity index (χ1v) is 7.42. The monoisotopic (exact) mass is 280 g/mol. The van der Waals surface area contributed by atoms with Crippen LogP contribution in [-0.4, -0.2) is 54.9 Å². The molecule has 0 radical (unpaired) electrons. The Morgan fingerprint density at radius 1 is 1.33 bits per heavy atom. The van der Waals surface area contributed by atoms with E-state index in [0.717, 1.165) is 0 Å². The Bertz CT molecular complexity index is 385. The van der Waals surface area contributed by atoms with E-state index in [9.17, 15) is 13.2 Å². The minimum absolute atomic E-state index is 0.0538. The molecule has 1 rings (SSSR count). The van der Waals surface area contributed by atoms with Crippen molar-refractivity contribution in [2.45, 2.75) is 31.4 Å². The normalized spacial score (nSPS) is 19.8. The number of hydrogen-bond acceptors (Lipinski definition) is 5. The minimum Gasteiger partial charge on any atom is -0.381 e. The Kier molecular flexibility index (Phi) is 5.09. The van der Waals surface area contributed by atoms with Gasteiger partial charge in [-0.3, -0.25) is 10.0 Å². The van der Waals surface area contributed by atoms with Crippen LogP contribution in [0, 0.1) is 0 Å². The van der Waals surface area contributed by atoms with E-state index in [1.807, 2.05) is 0 Å². The second kappa shape index (κ2) is 5.96. The van der Waals surface area contributed by atoms with Crippen LogP contribution in [0.3, 0.4) is 0 Å². The molecule has 0 aromatic carbocycles. The molecule has 0 atom stereocenters. The Hall–Kier alpha value is -0.700. The van der Waals surface area contributed by atoms with Crippen LogP contribution in [0.2, 0.25) is 0 Å². The highest BCUT2D eigenvalue weighted by molar-refractivity contribution is 7.91. The van der Waals surface area contributed by atoms with Gasteiger partial charge in [-0.05, 0) is 0 Å². The van der Waals surface area contributed by atoms with E-state index in [0.29, 0.717) is 13.1 Å². The Morgan fingerprint density at radius 2 is 1.83 bits per heavy atom. The van der Waals surface area contributed by atoms with Gasteiger partial charge >= 0.3 is 0 Å². The van der Waals surface area contributed by atoms with E-state index in [1.165, 1.54) is 9.79 Å². The van der Waals surface area contributed by atoms with Gasteiger partial charge in [0, 0.05) is 39.1 Å². The smallest absolute Gasteiger partial charge is 0.266 e. The summed E-state index contributed by atoms with van der Waals surface area (Å²) >= 11 is 0. The molecule has 106 valence electrons. The molecule has 0 aliphatic carbocycles. The average molecular weight is 280 g/mol. The molecule has 0 spiro atoms. The zero-order valence-electron chi connectivity index (χ0n) is 10.7. The third-order valence-corrected chi connectivity index (χ3v) is 6.13. The van der Waals surface area contributed by atoms with E-state index in [-0.39, 0.29) is 26.1 Å². The molecular formula is C10H20N2O5S. The summed E-state index contributed by atoms with van der Waals surface area (Å²) in [4.78, 5) is 11.8. The maximum Gasteiger partial charge on any atom is 0.266 e. The van der Waals surface area contributed by atoms with Gasteiger partial charge in [0.25, 0.3) is 5.91 Å². The predicted molar refractivity (Wildman–Crippen MR) is 64.6 cm³/mol. The summed E-state index contributed by atoms with van der Waals surface area (Å²) in [5, 5.41) is 8.82. The van der Waals surface area contributed by atoms with Crippen LogP contribution in [0.15, 0.2) is 0 Å². The van der Waals surface area contributed by atoms with Crippen LogP contribution in [0.1, 0.15) is 26.7 Å². The van der Waals surface area contributed by atoms with Crippen LogP contribution >= 0.6 is 0 Å². The lowest BCUT2D eigenvalue weighted by Crippen LogP contribution is -2.59. The summed E-state index contributed by atoms with van der Waals surface area (Å²) in [6.07, 6.45) is 0.108. The molecule has 8 heteroatoms. The van der Waals surface area contributed by atoms with Crippen LogP contribution in [0.5, 0.6) is 0 Å². The summed E-state index contributed by atoms with van der Waals surface area (Å²) in [5.74, 6) is -0.877. The van der Waals surface area contributed by atoms with Gasteiger partial charge in [0.15, 0.2) is 4.75 Å². The Morgan fingerprint density at radius 3 is 2.22 bits per heavy atom. The first kappa shape index (κ1) is 15.4. The second-order valence-corrected chi connectivity index (χ2v) is 6.38. The number of carbonyl (C=O) groups excluding carboxylic acids is 1. The zero-order chi connectivity index (χ0) is 13.8. The number of ether oxygens (including phenoxy) is 1. The van der Waals surface area contributed by atoms with Gasteiger partial charge in [-0.15, -0.1) is 0 Å². The molecule has 0 unspecified atom stereocenters. The molecule has 1 fully saturated rings. The maximum atomic E-state index is 12.6. The van der Waals surface area contributed by atoms with E-state index in [4.69, 9.17) is 9.94 Å². The van der Waals surface area contributed by atoms with Crippen molar-refractivity contribution in [3.8, 4) is 0 Å². The minimum atomic E-state index is -3.82. The lowest BCUT2D eigenvalue weighted by molar-refractivity contribution is -0.134. The summed E-state index contributed by atoms with van der Waals surface area (Å²) in [5.41, 5.74) is 1.48. The summed E-state index contributed by atoms with van der Waals surface area (Å²) in [6.45, 7) is 4.39. The van der Waals surface area contributed by atoms with E-state index in [2.05, 4.69) is 0 Å². The molecule has 0 aromatic rings. The highest BCUT2D eigenvalue weighted by Gasteiger charge is 2.53. The van der Waals surface area contributed by atoms with Crippen molar-refractivity contribution in [2.75, 3.05) is 26.3 Å². The second-order valence-electron chi connectivity index (χ2n) is 4.14. The molecule has 0 saturated carbocycles. The molecule has 1 heterocycles. The van der Waals surface area contributed by atoms with Crippen molar-refractivity contribution in [2.24, 2.45) is 0 Å². The van der Waals surface area contributed by atoms with E-state index in [1.54, 1.807) is 13.8 Å². The number of carbonyl (C=O) groups is 1. The van der Waals surface area contributed by atoms with Gasteiger partial charge in [0.1, 0.15) is 0 Å². The third kappa shape index (κ3) is 2.37. The molecule has 0 aromatic heterocycles. The molecule has 7 nitrogen and oxygen atoms in total. The largest absolute Gasteiger partial charge is 0.381 e. The van der Waals surface area contributed by atoms with Crippen molar-refractivity contribution in [1.29, 1.82) is 0 Å². The molecular weight excluding hydrogens is 260 g/mol. The molecule has 1 amide bonds. The first-order valence-electron chi connectivity index (χ1n) is 5.98. The van der Waals surface area contributed by atoms with Gasteiger partial charge in [-0.2, -0.15) is 0 Å². The van der Waals surface area contributed by atoms with Crippen molar-refractivity contribution in [3.05, 3.63) is 0 Å². The molecule has 1 aliphatic rings. The van der Waals surface area contributed by atoms with Gasteiger partial charge in [-0.25, -0.2) is 18.2 Å². The van der Waals surface area contributed by atoms with E-state index < -0.39 is 20.7 Å². The lowest BCUT2D eigenvalue weighted by Gasteiger charge is -2.37. The van der Waals surface area contributed by atoms with Crippen LogP contribution in [-0.2, 0) is 19.6 Å². The number of amides is 1. The fraction of sp³-hybridized carbons (Fsp3) is 0.900. The summed E-state index contributed by atoms with van der Waals surface area (Å²) in [6, 6.07) is 0. The number of hydroxylamine groups is 1. The van der Waals surface area contributed by atoms with Crippen LogP contribution in [0.25, 0.3) is 0 Å². The SMILES string of the molecule is CCN(CC)S(=O)(=O)C1(C(=O)NO)CCOCC1. The number of nitrogens with zero attached hydrogens (tertiary/aromatic N) is 1. The summed E-state index contributed by atoms with van der Waals surface area (Å²) in [7, 11) is -3.82. The Labute approximate surface area is 107 Å². The topological polar surface area (TPSA) is 95.9 Å². The van der Waals surface area contributed by atoms with Gasteiger partial charge in [0.2, 0.25) is 10.0 Å². The summed E-state index contributed by atoms with van der Waals surface area (Å²) < 4.78 is 29.9. The molecule has 0 bridgehead atoms. The van der Waals surface area contributed by atoms with E-state index >= 15 is 0 Å². The predicted octanol–water partition coefficient (Wildman–Crippen LogP) is -0.287. The zero-order valence-corrected chi connectivity index (χ0v) is 11.5. The number of nitrogens with one attached hydrogen (secondary N) is 1. The van der Waals surface area contributed by atoms with Crippen LogP contribution < -0.4 is 5.48 Å².